The van der Waals surface area contributed by atoms with E-state index in [4.69, 9.17) is 11.6 Å². The summed E-state index contributed by atoms with van der Waals surface area (Å²) in [4.78, 5) is 4.40. The van der Waals surface area contributed by atoms with Crippen molar-refractivity contribution in [1.82, 2.24) is 14.9 Å². The Hall–Kier alpha value is -1.06. The summed E-state index contributed by atoms with van der Waals surface area (Å²) >= 11 is 6.12. The second-order valence-electron chi connectivity index (χ2n) is 4.24. The predicted molar refractivity (Wildman–Crippen MR) is 65.9 cm³/mol. The van der Waals surface area contributed by atoms with Crippen molar-refractivity contribution in [3.63, 3.8) is 0 Å². The Labute approximate surface area is 99.4 Å². The number of halogens is 1. The summed E-state index contributed by atoms with van der Waals surface area (Å²) in [7, 11) is 0. The lowest BCUT2D eigenvalue weighted by molar-refractivity contribution is 0.374. The van der Waals surface area contributed by atoms with Crippen molar-refractivity contribution in [3.05, 3.63) is 29.5 Å². The average Bonchev–Trinajstić information content (AvgIpc) is 2.75. The molecule has 0 radical (unpaired) electrons. The van der Waals surface area contributed by atoms with Crippen LogP contribution in [0, 0.1) is 0 Å². The zero-order valence-electron chi connectivity index (χ0n) is 8.99. The number of hydrogen-bond acceptors (Lipinski definition) is 2. The molecule has 1 aromatic carbocycles. The summed E-state index contributed by atoms with van der Waals surface area (Å²) < 4.78 is 2.27. The van der Waals surface area contributed by atoms with E-state index in [1.165, 1.54) is 0 Å². The smallest absolute Gasteiger partial charge is 0.107 e. The number of para-hydroxylation sites is 1. The van der Waals surface area contributed by atoms with Gasteiger partial charge in [-0.2, -0.15) is 0 Å². The highest BCUT2D eigenvalue weighted by Crippen LogP contribution is 2.27. The second-order valence-corrected chi connectivity index (χ2v) is 4.65. The van der Waals surface area contributed by atoms with Gasteiger partial charge in [0.1, 0.15) is 5.52 Å². The minimum Gasteiger partial charge on any atom is -0.327 e. The van der Waals surface area contributed by atoms with Crippen molar-refractivity contribution in [2.24, 2.45) is 0 Å². The van der Waals surface area contributed by atoms with Gasteiger partial charge in [0.05, 0.1) is 16.9 Å². The van der Waals surface area contributed by atoms with E-state index < -0.39 is 0 Å². The molecule has 0 aliphatic carbocycles. The molecule has 1 fully saturated rings. The lowest BCUT2D eigenvalue weighted by Gasteiger charge is -2.24. The van der Waals surface area contributed by atoms with Crippen LogP contribution < -0.4 is 5.32 Å². The molecule has 1 aromatic heterocycles. The molecule has 1 aliphatic rings. The van der Waals surface area contributed by atoms with Crippen LogP contribution in [0.2, 0.25) is 5.02 Å². The lowest BCUT2D eigenvalue weighted by atomic mass is 10.1. The summed E-state index contributed by atoms with van der Waals surface area (Å²) in [5.74, 6) is 0. The SMILES string of the molecule is Clc1cccc2c1ncn2C1CCNCC1. The molecule has 0 amide bonds. The third-order valence-corrected chi connectivity index (χ3v) is 3.56. The molecular weight excluding hydrogens is 222 g/mol. The molecule has 3 rings (SSSR count). The third kappa shape index (κ3) is 1.60. The Balaban J connectivity index is 2.06. The molecule has 16 heavy (non-hydrogen) atoms. The van der Waals surface area contributed by atoms with Gasteiger partial charge in [-0.1, -0.05) is 17.7 Å². The van der Waals surface area contributed by atoms with E-state index in [1.54, 1.807) is 0 Å². The fourth-order valence-electron chi connectivity index (χ4n) is 2.40. The molecule has 1 saturated heterocycles. The van der Waals surface area contributed by atoms with Crippen molar-refractivity contribution in [3.8, 4) is 0 Å². The van der Waals surface area contributed by atoms with Crippen molar-refractivity contribution in [2.45, 2.75) is 18.9 Å². The Morgan fingerprint density at radius 1 is 1.31 bits per heavy atom. The highest BCUT2D eigenvalue weighted by atomic mass is 35.5. The third-order valence-electron chi connectivity index (χ3n) is 3.26. The van der Waals surface area contributed by atoms with Gasteiger partial charge in [-0.3, -0.25) is 0 Å². The first-order valence-corrected chi connectivity index (χ1v) is 6.06. The monoisotopic (exact) mass is 235 g/mol. The normalized spacial score (nSPS) is 18.1. The largest absolute Gasteiger partial charge is 0.327 e. The molecule has 0 bridgehead atoms. The first kappa shape index (κ1) is 10.1. The molecule has 2 aromatic rings. The van der Waals surface area contributed by atoms with Crippen LogP contribution in [0.25, 0.3) is 11.0 Å². The minimum atomic E-state index is 0.560. The zero-order chi connectivity index (χ0) is 11.0. The molecular formula is C12H14ClN3. The highest BCUT2D eigenvalue weighted by molar-refractivity contribution is 6.34. The topological polar surface area (TPSA) is 29.9 Å². The Morgan fingerprint density at radius 3 is 2.94 bits per heavy atom. The Kier molecular flexibility index (Phi) is 2.58. The molecule has 0 saturated carbocycles. The molecule has 1 N–H and O–H groups in total. The number of imidazole rings is 1. The van der Waals surface area contributed by atoms with Crippen LogP contribution in [0.1, 0.15) is 18.9 Å². The van der Waals surface area contributed by atoms with Crippen LogP contribution in [-0.4, -0.2) is 22.6 Å². The average molecular weight is 236 g/mol. The molecule has 0 atom stereocenters. The molecule has 3 nitrogen and oxygen atoms in total. The lowest BCUT2D eigenvalue weighted by Crippen LogP contribution is -2.29. The quantitative estimate of drug-likeness (QED) is 0.824. The number of nitrogens with zero attached hydrogens (tertiary/aromatic N) is 2. The number of fused-ring (bicyclic) bond motifs is 1. The van der Waals surface area contributed by atoms with Crippen molar-refractivity contribution < 1.29 is 0 Å². The maximum atomic E-state index is 6.12. The second kappa shape index (κ2) is 4.07. The number of piperidine rings is 1. The Bertz CT molecular complexity index is 500. The summed E-state index contributed by atoms with van der Waals surface area (Å²) in [5.41, 5.74) is 2.07. The van der Waals surface area contributed by atoms with Gasteiger partial charge in [-0.25, -0.2) is 4.98 Å². The van der Waals surface area contributed by atoms with E-state index in [1.807, 2.05) is 18.5 Å². The van der Waals surface area contributed by atoms with Crippen LogP contribution in [0.4, 0.5) is 0 Å². The van der Waals surface area contributed by atoms with E-state index in [2.05, 4.69) is 20.9 Å². The molecule has 1 aliphatic heterocycles. The molecule has 84 valence electrons. The van der Waals surface area contributed by atoms with Gasteiger partial charge >= 0.3 is 0 Å². The van der Waals surface area contributed by atoms with Gasteiger partial charge in [0.15, 0.2) is 0 Å². The number of rotatable bonds is 1. The van der Waals surface area contributed by atoms with E-state index in [0.717, 1.165) is 42.0 Å². The van der Waals surface area contributed by atoms with Crippen LogP contribution >= 0.6 is 11.6 Å². The fourth-order valence-corrected chi connectivity index (χ4v) is 2.62. The number of benzene rings is 1. The van der Waals surface area contributed by atoms with E-state index in [9.17, 15) is 0 Å². The van der Waals surface area contributed by atoms with E-state index >= 15 is 0 Å². The first-order valence-electron chi connectivity index (χ1n) is 5.68. The molecule has 0 spiro atoms. The fraction of sp³-hybridized carbons (Fsp3) is 0.417. The zero-order valence-corrected chi connectivity index (χ0v) is 9.74. The van der Waals surface area contributed by atoms with E-state index in [-0.39, 0.29) is 0 Å². The first-order chi connectivity index (χ1) is 7.86. The van der Waals surface area contributed by atoms with E-state index in [0.29, 0.717) is 6.04 Å². The number of nitrogens with one attached hydrogen (secondary N) is 1. The maximum Gasteiger partial charge on any atom is 0.107 e. The standard InChI is InChI=1S/C12H14ClN3/c13-10-2-1-3-11-12(10)15-8-16(11)9-4-6-14-7-5-9/h1-3,8-9,14H,4-7H2. The van der Waals surface area contributed by atoms with Gasteiger partial charge in [-0.15, -0.1) is 0 Å². The van der Waals surface area contributed by atoms with Crippen LogP contribution in [0.5, 0.6) is 0 Å². The van der Waals surface area contributed by atoms with Crippen LogP contribution in [-0.2, 0) is 0 Å². The molecule has 4 heteroatoms. The summed E-state index contributed by atoms with van der Waals surface area (Å²) in [5, 5.41) is 4.12. The highest BCUT2D eigenvalue weighted by Gasteiger charge is 2.17. The summed E-state index contributed by atoms with van der Waals surface area (Å²) in [6.45, 7) is 2.18. The predicted octanol–water partition coefficient (Wildman–Crippen LogP) is 2.61. The number of aromatic nitrogens is 2. The van der Waals surface area contributed by atoms with Crippen molar-refractivity contribution >= 4 is 22.6 Å². The minimum absolute atomic E-state index is 0.560. The molecule has 2 heterocycles. The van der Waals surface area contributed by atoms with Crippen LogP contribution in [0.15, 0.2) is 24.5 Å². The van der Waals surface area contributed by atoms with Gasteiger partial charge in [0, 0.05) is 6.04 Å². The number of hydrogen-bond donors (Lipinski definition) is 1. The van der Waals surface area contributed by atoms with Crippen molar-refractivity contribution in [1.29, 1.82) is 0 Å². The van der Waals surface area contributed by atoms with Crippen LogP contribution in [0.3, 0.4) is 0 Å². The van der Waals surface area contributed by atoms with Gasteiger partial charge in [0.2, 0.25) is 0 Å². The summed E-state index contributed by atoms with van der Waals surface area (Å²) in [6, 6.07) is 6.54. The summed E-state index contributed by atoms with van der Waals surface area (Å²) in [6.07, 6.45) is 4.25. The maximum absolute atomic E-state index is 6.12. The van der Waals surface area contributed by atoms with Gasteiger partial charge < -0.3 is 9.88 Å². The molecule has 0 unspecified atom stereocenters. The van der Waals surface area contributed by atoms with Gasteiger partial charge in [0.25, 0.3) is 0 Å². The van der Waals surface area contributed by atoms with Gasteiger partial charge in [-0.05, 0) is 38.1 Å². The Morgan fingerprint density at radius 2 is 2.12 bits per heavy atom. The van der Waals surface area contributed by atoms with Crippen molar-refractivity contribution in [2.75, 3.05) is 13.1 Å².